The van der Waals surface area contributed by atoms with Crippen molar-refractivity contribution in [3.8, 4) is 0 Å². The van der Waals surface area contributed by atoms with Crippen LogP contribution in [0.15, 0.2) is 0 Å². The summed E-state index contributed by atoms with van der Waals surface area (Å²) in [6.45, 7) is 6.49. The summed E-state index contributed by atoms with van der Waals surface area (Å²) in [5.41, 5.74) is -0.319. The van der Waals surface area contributed by atoms with Gasteiger partial charge in [0.2, 0.25) is 5.91 Å². The first-order valence-electron chi connectivity index (χ1n) is 6.86. The first kappa shape index (κ1) is 14.5. The van der Waals surface area contributed by atoms with Crippen molar-refractivity contribution in [1.82, 2.24) is 5.32 Å². The lowest BCUT2D eigenvalue weighted by atomic mass is 9.89. The third-order valence-corrected chi connectivity index (χ3v) is 3.49. The Hall–Kier alpha value is -0.570. The fourth-order valence-electron chi connectivity index (χ4n) is 2.30. The number of carbonyl (C=O) groups is 1. The normalized spacial score (nSPS) is 27.1. The van der Waals surface area contributed by atoms with Gasteiger partial charge >= 0.3 is 0 Å². The molecule has 17 heavy (non-hydrogen) atoms. The molecule has 0 spiro atoms. The van der Waals surface area contributed by atoms with Gasteiger partial charge in [-0.2, -0.15) is 0 Å². The molecule has 0 saturated heterocycles. The second-order valence-corrected chi connectivity index (χ2v) is 6.35. The number of hydrogen-bond donors (Lipinski definition) is 2. The van der Waals surface area contributed by atoms with E-state index in [0.29, 0.717) is 12.5 Å². The maximum atomic E-state index is 11.8. The van der Waals surface area contributed by atoms with Crippen LogP contribution in [-0.4, -0.2) is 23.7 Å². The zero-order valence-electron chi connectivity index (χ0n) is 11.5. The van der Waals surface area contributed by atoms with Crippen LogP contribution in [0, 0.1) is 11.3 Å². The summed E-state index contributed by atoms with van der Waals surface area (Å²) in [5, 5.41) is 12.8. The molecule has 0 aromatic rings. The van der Waals surface area contributed by atoms with E-state index >= 15 is 0 Å². The average Bonchev–Trinajstić information content (AvgIpc) is 2.19. The summed E-state index contributed by atoms with van der Waals surface area (Å²) in [6, 6.07) is 0. The third-order valence-electron chi connectivity index (χ3n) is 3.49. The van der Waals surface area contributed by atoms with Crippen molar-refractivity contribution in [3.63, 3.8) is 0 Å². The molecule has 2 atom stereocenters. The molecule has 0 aliphatic heterocycles. The van der Waals surface area contributed by atoms with Crippen LogP contribution < -0.4 is 5.32 Å². The van der Waals surface area contributed by atoms with E-state index in [1.165, 1.54) is 12.8 Å². The Bertz CT molecular complexity index is 245. The highest BCUT2D eigenvalue weighted by Gasteiger charge is 2.23. The number of hydrogen-bond acceptors (Lipinski definition) is 2. The Morgan fingerprint density at radius 3 is 2.53 bits per heavy atom. The Labute approximate surface area is 105 Å². The molecule has 1 fully saturated rings. The van der Waals surface area contributed by atoms with Crippen LogP contribution in [0.1, 0.15) is 59.3 Å². The lowest BCUT2D eigenvalue weighted by Gasteiger charge is -2.25. The van der Waals surface area contributed by atoms with Crippen molar-refractivity contribution in [2.45, 2.75) is 65.4 Å². The van der Waals surface area contributed by atoms with E-state index in [-0.39, 0.29) is 17.4 Å². The largest absolute Gasteiger partial charge is 0.393 e. The molecule has 2 unspecified atom stereocenters. The Kier molecular flexibility index (Phi) is 5.44. The summed E-state index contributed by atoms with van der Waals surface area (Å²) in [6.07, 6.45) is 6.29. The van der Waals surface area contributed by atoms with E-state index in [1.807, 2.05) is 20.8 Å². The Morgan fingerprint density at radius 1 is 1.24 bits per heavy atom. The summed E-state index contributed by atoms with van der Waals surface area (Å²) in [5.74, 6) is 0.547. The van der Waals surface area contributed by atoms with E-state index in [2.05, 4.69) is 5.32 Å². The van der Waals surface area contributed by atoms with Crippen LogP contribution >= 0.6 is 0 Å². The number of rotatable bonds is 2. The standard InChI is InChI=1S/C14H27NO2/c1-14(2,3)13(17)15-10-11-7-5-4-6-8-12(16)9-11/h11-12,16H,4-10H2,1-3H3,(H,15,17). The van der Waals surface area contributed by atoms with Crippen molar-refractivity contribution in [2.75, 3.05) is 6.54 Å². The predicted octanol–water partition coefficient (Wildman–Crippen LogP) is 2.48. The molecule has 1 aliphatic rings. The molecule has 1 amide bonds. The maximum Gasteiger partial charge on any atom is 0.225 e. The molecule has 100 valence electrons. The topological polar surface area (TPSA) is 49.3 Å². The quantitative estimate of drug-likeness (QED) is 0.780. The van der Waals surface area contributed by atoms with E-state index < -0.39 is 0 Å². The molecule has 3 nitrogen and oxygen atoms in total. The molecule has 1 aliphatic carbocycles. The first-order chi connectivity index (χ1) is 7.89. The van der Waals surface area contributed by atoms with Gasteiger partial charge < -0.3 is 10.4 Å². The van der Waals surface area contributed by atoms with Gasteiger partial charge in [0.05, 0.1) is 6.10 Å². The second-order valence-electron chi connectivity index (χ2n) is 6.35. The summed E-state index contributed by atoms with van der Waals surface area (Å²) < 4.78 is 0. The van der Waals surface area contributed by atoms with Gasteiger partial charge in [0.25, 0.3) is 0 Å². The van der Waals surface area contributed by atoms with Crippen LogP contribution in [0.3, 0.4) is 0 Å². The van der Waals surface area contributed by atoms with Crippen LogP contribution in [0.25, 0.3) is 0 Å². The van der Waals surface area contributed by atoms with E-state index in [9.17, 15) is 9.90 Å². The minimum Gasteiger partial charge on any atom is -0.393 e. The summed E-state index contributed by atoms with van der Waals surface area (Å²) in [7, 11) is 0. The van der Waals surface area contributed by atoms with Gasteiger partial charge in [0, 0.05) is 12.0 Å². The maximum absolute atomic E-state index is 11.8. The first-order valence-corrected chi connectivity index (χ1v) is 6.86. The van der Waals surface area contributed by atoms with Gasteiger partial charge in [0.15, 0.2) is 0 Å². The van der Waals surface area contributed by atoms with E-state index in [1.54, 1.807) is 0 Å². The highest BCUT2D eigenvalue weighted by molar-refractivity contribution is 5.81. The molecule has 0 aromatic heterocycles. The Morgan fingerprint density at radius 2 is 1.88 bits per heavy atom. The molecule has 3 heteroatoms. The predicted molar refractivity (Wildman–Crippen MR) is 69.7 cm³/mol. The fraction of sp³-hybridized carbons (Fsp3) is 0.929. The van der Waals surface area contributed by atoms with Gasteiger partial charge in [-0.05, 0) is 25.2 Å². The molecule has 0 bridgehead atoms. The molecule has 0 heterocycles. The second kappa shape index (κ2) is 6.39. The highest BCUT2D eigenvalue weighted by atomic mass is 16.3. The molecule has 0 radical (unpaired) electrons. The Balaban J connectivity index is 2.36. The monoisotopic (exact) mass is 241 g/mol. The van der Waals surface area contributed by atoms with Crippen molar-refractivity contribution < 1.29 is 9.90 Å². The average molecular weight is 241 g/mol. The van der Waals surface area contributed by atoms with Gasteiger partial charge in [-0.25, -0.2) is 0 Å². The smallest absolute Gasteiger partial charge is 0.225 e. The van der Waals surface area contributed by atoms with Crippen molar-refractivity contribution in [3.05, 3.63) is 0 Å². The summed E-state index contributed by atoms with van der Waals surface area (Å²) in [4.78, 5) is 11.8. The summed E-state index contributed by atoms with van der Waals surface area (Å²) >= 11 is 0. The van der Waals surface area contributed by atoms with Gasteiger partial charge in [0.1, 0.15) is 0 Å². The lowest BCUT2D eigenvalue weighted by molar-refractivity contribution is -0.128. The van der Waals surface area contributed by atoms with E-state index in [0.717, 1.165) is 25.7 Å². The molecule has 1 rings (SSSR count). The SMILES string of the molecule is CC(C)(C)C(=O)NCC1CCCCCC(O)C1. The molecule has 0 aromatic carbocycles. The van der Waals surface area contributed by atoms with Gasteiger partial charge in [-0.15, -0.1) is 0 Å². The van der Waals surface area contributed by atoms with Gasteiger partial charge in [-0.3, -0.25) is 4.79 Å². The number of aliphatic hydroxyl groups is 1. The van der Waals surface area contributed by atoms with Gasteiger partial charge in [-0.1, -0.05) is 40.0 Å². The van der Waals surface area contributed by atoms with Crippen LogP contribution in [0.4, 0.5) is 0 Å². The molecule has 1 saturated carbocycles. The molecular weight excluding hydrogens is 214 g/mol. The van der Waals surface area contributed by atoms with E-state index in [4.69, 9.17) is 0 Å². The fourth-order valence-corrected chi connectivity index (χ4v) is 2.30. The highest BCUT2D eigenvalue weighted by Crippen LogP contribution is 2.22. The minimum atomic E-state index is -0.319. The zero-order chi connectivity index (χ0) is 12.9. The number of nitrogens with one attached hydrogen (secondary N) is 1. The van der Waals surface area contributed by atoms with Crippen LogP contribution in [-0.2, 0) is 4.79 Å². The van der Waals surface area contributed by atoms with Crippen LogP contribution in [0.2, 0.25) is 0 Å². The number of amides is 1. The van der Waals surface area contributed by atoms with Crippen molar-refractivity contribution in [2.24, 2.45) is 11.3 Å². The number of carbonyl (C=O) groups excluding carboxylic acids is 1. The third kappa shape index (κ3) is 5.53. The minimum absolute atomic E-state index is 0.106. The lowest BCUT2D eigenvalue weighted by Crippen LogP contribution is -2.38. The van der Waals surface area contributed by atoms with Crippen molar-refractivity contribution >= 4 is 5.91 Å². The molecular formula is C14H27NO2. The zero-order valence-corrected chi connectivity index (χ0v) is 11.5. The number of aliphatic hydroxyl groups excluding tert-OH is 1. The van der Waals surface area contributed by atoms with Crippen molar-refractivity contribution in [1.29, 1.82) is 0 Å². The van der Waals surface area contributed by atoms with Crippen LogP contribution in [0.5, 0.6) is 0 Å². The molecule has 2 N–H and O–H groups in total.